The molecule has 0 fully saturated rings. The first-order valence-corrected chi connectivity index (χ1v) is 9.35. The molecule has 0 aliphatic carbocycles. The van der Waals surface area contributed by atoms with Gasteiger partial charge in [-0.15, -0.1) is 11.3 Å². The van der Waals surface area contributed by atoms with Crippen molar-refractivity contribution in [2.45, 2.75) is 33.1 Å². The molecule has 0 atom stereocenters. The van der Waals surface area contributed by atoms with Gasteiger partial charge >= 0.3 is 6.03 Å². The standard InChI is InChI=1S/C18H24N4O2S/c1-3-10-22(11-4-2)16(23)12-15-13-25-18(20-15)21-17(24)19-14-8-6-5-7-9-14/h5-9,13H,3-4,10-12H2,1-2H3,(H2,19,20,21,24). The number of anilines is 2. The average molecular weight is 360 g/mol. The maximum Gasteiger partial charge on any atom is 0.325 e. The van der Waals surface area contributed by atoms with Crippen LogP contribution in [0.15, 0.2) is 35.7 Å². The second-order valence-corrected chi connectivity index (χ2v) is 6.50. The smallest absolute Gasteiger partial charge is 0.325 e. The van der Waals surface area contributed by atoms with E-state index in [0.29, 0.717) is 16.5 Å². The maximum absolute atomic E-state index is 12.4. The summed E-state index contributed by atoms with van der Waals surface area (Å²) in [5.74, 6) is 0.0780. The topological polar surface area (TPSA) is 74.3 Å². The largest absolute Gasteiger partial charge is 0.342 e. The lowest BCUT2D eigenvalue weighted by molar-refractivity contribution is -0.130. The fourth-order valence-corrected chi connectivity index (χ4v) is 3.10. The summed E-state index contributed by atoms with van der Waals surface area (Å²) in [6.07, 6.45) is 2.14. The molecule has 0 aliphatic rings. The lowest BCUT2D eigenvalue weighted by atomic mass is 10.2. The van der Waals surface area contributed by atoms with E-state index in [1.807, 2.05) is 40.6 Å². The van der Waals surface area contributed by atoms with Crippen LogP contribution in [0.2, 0.25) is 0 Å². The van der Waals surface area contributed by atoms with E-state index < -0.39 is 0 Å². The number of amides is 3. The molecule has 134 valence electrons. The molecule has 6 nitrogen and oxygen atoms in total. The van der Waals surface area contributed by atoms with Gasteiger partial charge in [-0.2, -0.15) is 0 Å². The van der Waals surface area contributed by atoms with Crippen molar-refractivity contribution >= 4 is 34.1 Å². The molecule has 0 spiro atoms. The van der Waals surface area contributed by atoms with Gasteiger partial charge in [-0.05, 0) is 25.0 Å². The first-order valence-electron chi connectivity index (χ1n) is 8.47. The van der Waals surface area contributed by atoms with Gasteiger partial charge in [0, 0.05) is 24.2 Å². The highest BCUT2D eigenvalue weighted by atomic mass is 32.1. The normalized spacial score (nSPS) is 10.3. The highest BCUT2D eigenvalue weighted by Crippen LogP contribution is 2.17. The predicted octanol–water partition coefficient (Wildman–Crippen LogP) is 3.98. The van der Waals surface area contributed by atoms with E-state index >= 15 is 0 Å². The Hall–Kier alpha value is -2.41. The molecule has 25 heavy (non-hydrogen) atoms. The Morgan fingerprint density at radius 2 is 1.76 bits per heavy atom. The third kappa shape index (κ3) is 6.19. The molecule has 0 radical (unpaired) electrons. The number of carbonyl (C=O) groups is 2. The number of hydrogen-bond donors (Lipinski definition) is 2. The van der Waals surface area contributed by atoms with Crippen molar-refractivity contribution in [3.8, 4) is 0 Å². The van der Waals surface area contributed by atoms with Crippen molar-refractivity contribution in [3.05, 3.63) is 41.4 Å². The molecule has 1 heterocycles. The summed E-state index contributed by atoms with van der Waals surface area (Å²) in [5.41, 5.74) is 1.39. The Kier molecular flexibility index (Phi) is 7.40. The zero-order valence-corrected chi connectivity index (χ0v) is 15.4. The molecular formula is C18H24N4O2S. The summed E-state index contributed by atoms with van der Waals surface area (Å²) < 4.78 is 0. The Morgan fingerprint density at radius 1 is 1.08 bits per heavy atom. The van der Waals surface area contributed by atoms with Crippen molar-refractivity contribution in [1.82, 2.24) is 9.88 Å². The number of thiazole rings is 1. The number of nitrogens with one attached hydrogen (secondary N) is 2. The van der Waals surface area contributed by atoms with Gasteiger partial charge in [0.1, 0.15) is 0 Å². The molecule has 0 bridgehead atoms. The highest BCUT2D eigenvalue weighted by molar-refractivity contribution is 7.14. The summed E-state index contributed by atoms with van der Waals surface area (Å²) >= 11 is 1.32. The van der Waals surface area contributed by atoms with Gasteiger partial charge < -0.3 is 10.2 Å². The molecule has 0 aliphatic heterocycles. The molecule has 0 saturated heterocycles. The van der Waals surface area contributed by atoms with Gasteiger partial charge in [0.2, 0.25) is 5.91 Å². The molecule has 7 heteroatoms. The second-order valence-electron chi connectivity index (χ2n) is 5.65. The van der Waals surface area contributed by atoms with Crippen LogP contribution in [0.3, 0.4) is 0 Å². The van der Waals surface area contributed by atoms with Crippen molar-refractivity contribution in [1.29, 1.82) is 0 Å². The molecule has 2 rings (SSSR count). The minimum Gasteiger partial charge on any atom is -0.342 e. The molecule has 1 aromatic carbocycles. The third-order valence-corrected chi connectivity index (χ3v) is 4.28. The molecule has 2 N–H and O–H groups in total. The lowest BCUT2D eigenvalue weighted by Crippen LogP contribution is -2.33. The van der Waals surface area contributed by atoms with Crippen LogP contribution in [0.25, 0.3) is 0 Å². The number of carbonyl (C=O) groups excluding carboxylic acids is 2. The number of nitrogens with zero attached hydrogens (tertiary/aromatic N) is 2. The van der Waals surface area contributed by atoms with E-state index in [-0.39, 0.29) is 18.4 Å². The Labute approximate surface area is 152 Å². The van der Waals surface area contributed by atoms with E-state index in [9.17, 15) is 9.59 Å². The van der Waals surface area contributed by atoms with Crippen molar-refractivity contribution in [2.24, 2.45) is 0 Å². The van der Waals surface area contributed by atoms with E-state index in [0.717, 1.165) is 25.9 Å². The average Bonchev–Trinajstić information content (AvgIpc) is 3.02. The Bertz CT molecular complexity index is 681. The predicted molar refractivity (Wildman–Crippen MR) is 102 cm³/mol. The van der Waals surface area contributed by atoms with Crippen LogP contribution >= 0.6 is 11.3 Å². The van der Waals surface area contributed by atoms with Crippen LogP contribution < -0.4 is 10.6 Å². The van der Waals surface area contributed by atoms with E-state index in [2.05, 4.69) is 29.5 Å². The number of benzene rings is 1. The number of para-hydroxylation sites is 1. The maximum atomic E-state index is 12.4. The number of urea groups is 1. The van der Waals surface area contributed by atoms with E-state index in [1.54, 1.807) is 0 Å². The number of rotatable bonds is 8. The Balaban J connectivity index is 1.88. The van der Waals surface area contributed by atoms with Crippen LogP contribution in [0.5, 0.6) is 0 Å². The Morgan fingerprint density at radius 3 is 2.40 bits per heavy atom. The van der Waals surface area contributed by atoms with Gasteiger partial charge in [-0.3, -0.25) is 10.1 Å². The van der Waals surface area contributed by atoms with E-state index in [4.69, 9.17) is 0 Å². The van der Waals surface area contributed by atoms with Crippen molar-refractivity contribution < 1.29 is 9.59 Å². The summed E-state index contributed by atoms with van der Waals surface area (Å²) in [5, 5.41) is 7.72. The second kappa shape index (κ2) is 9.78. The quantitative estimate of drug-likeness (QED) is 0.748. The van der Waals surface area contributed by atoms with E-state index in [1.165, 1.54) is 11.3 Å². The SMILES string of the molecule is CCCN(CCC)C(=O)Cc1csc(NC(=O)Nc2ccccc2)n1. The molecule has 0 unspecified atom stereocenters. The molecule has 1 aromatic heterocycles. The summed E-state index contributed by atoms with van der Waals surface area (Å²) in [6.45, 7) is 5.65. The van der Waals surface area contributed by atoms with Crippen LogP contribution in [0, 0.1) is 0 Å². The van der Waals surface area contributed by atoms with Gasteiger partial charge in [-0.25, -0.2) is 9.78 Å². The van der Waals surface area contributed by atoms with Gasteiger partial charge in [0.25, 0.3) is 0 Å². The lowest BCUT2D eigenvalue weighted by Gasteiger charge is -2.20. The minimum absolute atomic E-state index is 0.0780. The van der Waals surface area contributed by atoms with Crippen LogP contribution in [0.4, 0.5) is 15.6 Å². The molecule has 0 saturated carbocycles. The zero-order valence-electron chi connectivity index (χ0n) is 14.6. The van der Waals surface area contributed by atoms with Gasteiger partial charge in [0.05, 0.1) is 12.1 Å². The van der Waals surface area contributed by atoms with Crippen molar-refractivity contribution in [2.75, 3.05) is 23.7 Å². The highest BCUT2D eigenvalue weighted by Gasteiger charge is 2.15. The third-order valence-electron chi connectivity index (χ3n) is 3.48. The van der Waals surface area contributed by atoms with Crippen LogP contribution in [-0.2, 0) is 11.2 Å². The minimum atomic E-state index is -0.350. The van der Waals surface area contributed by atoms with Crippen LogP contribution in [-0.4, -0.2) is 34.9 Å². The molecule has 3 amide bonds. The fraction of sp³-hybridized carbons (Fsp3) is 0.389. The van der Waals surface area contributed by atoms with Gasteiger partial charge in [0.15, 0.2) is 5.13 Å². The summed E-state index contributed by atoms with van der Waals surface area (Å²) in [4.78, 5) is 30.5. The van der Waals surface area contributed by atoms with Crippen molar-refractivity contribution in [3.63, 3.8) is 0 Å². The first kappa shape index (κ1) is 18.9. The summed E-state index contributed by atoms with van der Waals surface area (Å²) in [6, 6.07) is 8.84. The fourth-order valence-electron chi connectivity index (χ4n) is 2.39. The molecular weight excluding hydrogens is 336 g/mol. The monoisotopic (exact) mass is 360 g/mol. The summed E-state index contributed by atoms with van der Waals surface area (Å²) in [7, 11) is 0. The first-order chi connectivity index (χ1) is 12.1. The number of aromatic nitrogens is 1. The molecule has 2 aromatic rings. The van der Waals surface area contributed by atoms with Crippen LogP contribution in [0.1, 0.15) is 32.4 Å². The van der Waals surface area contributed by atoms with Gasteiger partial charge in [-0.1, -0.05) is 32.0 Å². The number of hydrogen-bond acceptors (Lipinski definition) is 4. The zero-order chi connectivity index (χ0) is 18.1.